The molecule has 3 nitrogen and oxygen atoms in total. The zero-order valence-corrected chi connectivity index (χ0v) is 13.7. The monoisotopic (exact) mass is 352 g/mol. The van der Waals surface area contributed by atoms with Crippen molar-refractivity contribution >= 4 is 38.9 Å². The van der Waals surface area contributed by atoms with Crippen molar-refractivity contribution in [3.8, 4) is 0 Å². The lowest BCUT2D eigenvalue weighted by Crippen LogP contribution is -2.31. The number of anilines is 1. The Bertz CT molecular complexity index is 597. The van der Waals surface area contributed by atoms with Crippen LogP contribution in [-0.2, 0) is 17.8 Å². The first-order valence-corrected chi connectivity index (χ1v) is 8.06. The molecule has 0 radical (unpaired) electrons. The van der Waals surface area contributed by atoms with E-state index in [2.05, 4.69) is 15.9 Å². The summed E-state index contributed by atoms with van der Waals surface area (Å²) in [5.41, 5.74) is 7.46. The number of hydrogen-bond donors (Lipinski definition) is 1. The number of rotatable bonds is 5. The van der Waals surface area contributed by atoms with Gasteiger partial charge >= 0.3 is 0 Å². The quantitative estimate of drug-likeness (QED) is 0.834. The molecule has 1 aromatic heterocycles. The third-order valence-corrected chi connectivity index (χ3v) is 4.72. The van der Waals surface area contributed by atoms with E-state index in [9.17, 15) is 4.79 Å². The van der Waals surface area contributed by atoms with Crippen molar-refractivity contribution in [3.05, 3.63) is 50.6 Å². The normalized spacial score (nSPS) is 10.5. The largest absolute Gasteiger partial charge is 0.398 e. The molecule has 0 aliphatic rings. The van der Waals surface area contributed by atoms with Gasteiger partial charge in [-0.25, -0.2) is 0 Å². The predicted octanol–water partition coefficient (Wildman–Crippen LogP) is 3.68. The minimum absolute atomic E-state index is 0.106. The third kappa shape index (κ3) is 3.84. The highest BCUT2D eigenvalue weighted by atomic mass is 79.9. The van der Waals surface area contributed by atoms with Crippen LogP contribution in [0, 0.1) is 0 Å². The lowest BCUT2D eigenvalue weighted by Gasteiger charge is -2.20. The Hall–Kier alpha value is -1.33. The first-order valence-electron chi connectivity index (χ1n) is 6.45. The van der Waals surface area contributed by atoms with E-state index in [4.69, 9.17) is 5.73 Å². The van der Waals surface area contributed by atoms with Gasteiger partial charge in [0, 0.05) is 17.1 Å². The van der Waals surface area contributed by atoms with Crippen LogP contribution in [0.1, 0.15) is 17.4 Å². The topological polar surface area (TPSA) is 46.3 Å². The Morgan fingerprint density at radius 2 is 2.05 bits per heavy atom. The number of para-hydroxylation sites is 1. The maximum Gasteiger partial charge on any atom is 0.227 e. The number of nitrogens with two attached hydrogens (primary N) is 1. The molecular weight excluding hydrogens is 336 g/mol. The molecule has 5 heteroatoms. The summed E-state index contributed by atoms with van der Waals surface area (Å²) in [4.78, 5) is 15.4. The minimum Gasteiger partial charge on any atom is -0.398 e. The number of likely N-dealkylation sites (N-methyl/N-ethyl adjacent to an activating group) is 1. The second-order valence-electron chi connectivity index (χ2n) is 4.49. The van der Waals surface area contributed by atoms with Gasteiger partial charge in [0.15, 0.2) is 0 Å². The average Bonchev–Trinajstić information content (AvgIpc) is 2.84. The van der Waals surface area contributed by atoms with Crippen LogP contribution in [0.4, 0.5) is 5.69 Å². The van der Waals surface area contributed by atoms with Gasteiger partial charge in [0.1, 0.15) is 0 Å². The van der Waals surface area contributed by atoms with Crippen LogP contribution in [-0.4, -0.2) is 17.4 Å². The Kier molecular flexibility index (Phi) is 5.20. The van der Waals surface area contributed by atoms with Gasteiger partial charge in [-0.05, 0) is 46.6 Å². The fourth-order valence-electron chi connectivity index (χ4n) is 1.97. The van der Waals surface area contributed by atoms with Crippen molar-refractivity contribution in [1.29, 1.82) is 0 Å². The lowest BCUT2D eigenvalue weighted by atomic mass is 10.1. The molecule has 0 aliphatic carbocycles. The maximum absolute atomic E-state index is 12.4. The summed E-state index contributed by atoms with van der Waals surface area (Å²) in [6.07, 6.45) is 0.354. The maximum atomic E-state index is 12.4. The van der Waals surface area contributed by atoms with Crippen LogP contribution in [0.3, 0.4) is 0 Å². The fourth-order valence-corrected chi connectivity index (χ4v) is 3.47. The van der Waals surface area contributed by atoms with Crippen LogP contribution in [0.25, 0.3) is 0 Å². The van der Waals surface area contributed by atoms with Crippen molar-refractivity contribution in [2.24, 2.45) is 0 Å². The number of amides is 1. The summed E-state index contributed by atoms with van der Waals surface area (Å²) in [5.74, 6) is 0.106. The van der Waals surface area contributed by atoms with Gasteiger partial charge in [0.05, 0.1) is 16.8 Å². The SMILES string of the molecule is CCN(Cc1ccc(Br)s1)C(=O)Cc1ccccc1N. The van der Waals surface area contributed by atoms with Crippen molar-refractivity contribution < 1.29 is 4.79 Å². The van der Waals surface area contributed by atoms with Gasteiger partial charge in [-0.3, -0.25) is 4.79 Å². The van der Waals surface area contributed by atoms with Crippen LogP contribution in [0.15, 0.2) is 40.2 Å². The van der Waals surface area contributed by atoms with Crippen molar-refractivity contribution in [3.63, 3.8) is 0 Å². The van der Waals surface area contributed by atoms with E-state index in [1.54, 1.807) is 11.3 Å². The Balaban J connectivity index is 2.04. The Labute approximate surface area is 131 Å². The average molecular weight is 353 g/mol. The molecule has 0 saturated carbocycles. The molecule has 1 heterocycles. The zero-order valence-electron chi connectivity index (χ0n) is 11.3. The van der Waals surface area contributed by atoms with Gasteiger partial charge in [-0.1, -0.05) is 18.2 Å². The molecule has 0 bridgehead atoms. The standard InChI is InChI=1S/C15H17BrN2OS/c1-2-18(10-12-7-8-14(16)20-12)15(19)9-11-5-3-4-6-13(11)17/h3-8H,2,9-10,17H2,1H3. The molecular formula is C15H17BrN2OS. The highest BCUT2D eigenvalue weighted by Gasteiger charge is 2.14. The molecule has 2 rings (SSSR count). The predicted molar refractivity (Wildman–Crippen MR) is 87.7 cm³/mol. The van der Waals surface area contributed by atoms with Gasteiger partial charge in [0.25, 0.3) is 0 Å². The van der Waals surface area contributed by atoms with E-state index < -0.39 is 0 Å². The molecule has 0 saturated heterocycles. The Morgan fingerprint density at radius 3 is 2.65 bits per heavy atom. The second-order valence-corrected chi connectivity index (χ2v) is 7.04. The molecule has 0 aliphatic heterocycles. The van der Waals surface area contributed by atoms with Crippen LogP contribution in [0.2, 0.25) is 0 Å². The smallest absolute Gasteiger partial charge is 0.227 e. The molecule has 106 valence electrons. The number of carbonyl (C=O) groups is 1. The van der Waals surface area contributed by atoms with Crippen LogP contribution in [0.5, 0.6) is 0 Å². The third-order valence-electron chi connectivity index (χ3n) is 3.11. The molecule has 2 aromatic rings. The van der Waals surface area contributed by atoms with E-state index in [0.29, 0.717) is 25.2 Å². The molecule has 0 unspecified atom stereocenters. The van der Waals surface area contributed by atoms with E-state index in [1.165, 1.54) is 4.88 Å². The van der Waals surface area contributed by atoms with E-state index in [1.807, 2.05) is 48.2 Å². The number of nitrogens with zero attached hydrogens (tertiary/aromatic N) is 1. The zero-order chi connectivity index (χ0) is 14.5. The lowest BCUT2D eigenvalue weighted by molar-refractivity contribution is -0.130. The fraction of sp³-hybridized carbons (Fsp3) is 0.267. The molecule has 1 aromatic carbocycles. The summed E-state index contributed by atoms with van der Waals surface area (Å²) in [7, 11) is 0. The summed E-state index contributed by atoms with van der Waals surface area (Å²) >= 11 is 5.10. The number of carbonyl (C=O) groups excluding carboxylic acids is 1. The molecule has 2 N–H and O–H groups in total. The highest BCUT2D eigenvalue weighted by molar-refractivity contribution is 9.11. The van der Waals surface area contributed by atoms with Gasteiger partial charge in [-0.2, -0.15) is 0 Å². The molecule has 1 amide bonds. The summed E-state index contributed by atoms with van der Waals surface area (Å²) in [6, 6.07) is 11.6. The Morgan fingerprint density at radius 1 is 1.30 bits per heavy atom. The molecule has 0 atom stereocenters. The van der Waals surface area contributed by atoms with Crippen LogP contribution < -0.4 is 5.73 Å². The van der Waals surface area contributed by atoms with Gasteiger partial charge in [-0.15, -0.1) is 11.3 Å². The van der Waals surface area contributed by atoms with Gasteiger partial charge in [0.2, 0.25) is 5.91 Å². The van der Waals surface area contributed by atoms with Crippen molar-refractivity contribution in [1.82, 2.24) is 4.90 Å². The van der Waals surface area contributed by atoms with Gasteiger partial charge < -0.3 is 10.6 Å². The molecule has 0 spiro atoms. The molecule has 20 heavy (non-hydrogen) atoms. The number of nitrogen functional groups attached to an aromatic ring is 1. The number of thiophene rings is 1. The number of hydrogen-bond acceptors (Lipinski definition) is 3. The summed E-state index contributed by atoms with van der Waals surface area (Å²) < 4.78 is 1.09. The first-order chi connectivity index (χ1) is 9.60. The van der Waals surface area contributed by atoms with E-state index in [0.717, 1.165) is 9.35 Å². The van der Waals surface area contributed by atoms with E-state index >= 15 is 0 Å². The van der Waals surface area contributed by atoms with E-state index in [-0.39, 0.29) is 5.91 Å². The summed E-state index contributed by atoms with van der Waals surface area (Å²) in [6.45, 7) is 3.34. The van der Waals surface area contributed by atoms with Crippen molar-refractivity contribution in [2.45, 2.75) is 19.9 Å². The van der Waals surface area contributed by atoms with Crippen molar-refractivity contribution in [2.75, 3.05) is 12.3 Å². The number of halogens is 1. The molecule has 0 fully saturated rings. The second kappa shape index (κ2) is 6.90. The minimum atomic E-state index is 0.106. The summed E-state index contributed by atoms with van der Waals surface area (Å²) in [5, 5.41) is 0. The highest BCUT2D eigenvalue weighted by Crippen LogP contribution is 2.23. The number of benzene rings is 1. The first kappa shape index (κ1) is 15.1. The van der Waals surface area contributed by atoms with Crippen LogP contribution >= 0.6 is 27.3 Å².